The first-order valence-corrected chi connectivity index (χ1v) is 9.13. The molecule has 1 heterocycles. The highest BCUT2D eigenvalue weighted by Crippen LogP contribution is 2.34. The number of esters is 1. The molecule has 0 spiro atoms. The molecule has 1 N–H and O–H groups in total. The third-order valence-corrected chi connectivity index (χ3v) is 4.66. The van der Waals surface area contributed by atoms with Crippen LogP contribution in [0.4, 0.5) is 4.79 Å². The number of methoxy groups -OCH3 is 1. The summed E-state index contributed by atoms with van der Waals surface area (Å²) in [7, 11) is 1.49. The number of carbonyl (C=O) groups is 3. The van der Waals surface area contributed by atoms with E-state index >= 15 is 0 Å². The summed E-state index contributed by atoms with van der Waals surface area (Å²) in [5, 5.41) is 13.8. The lowest BCUT2D eigenvalue weighted by atomic mass is 9.94. The lowest BCUT2D eigenvalue weighted by molar-refractivity contribution is -0.305. The average molecular weight is 410 g/mol. The third-order valence-electron chi connectivity index (χ3n) is 4.32. The van der Waals surface area contributed by atoms with Crippen molar-refractivity contribution in [3.05, 3.63) is 46.1 Å². The van der Waals surface area contributed by atoms with Crippen molar-refractivity contribution in [3.63, 3.8) is 0 Å². The zero-order valence-corrected chi connectivity index (χ0v) is 16.5. The van der Waals surface area contributed by atoms with Gasteiger partial charge in [-0.15, -0.1) is 0 Å². The van der Waals surface area contributed by atoms with Gasteiger partial charge in [-0.05, 0) is 31.4 Å². The number of carboxylic acid groups (broad SMARTS) is 1. The Morgan fingerprint density at radius 3 is 2.64 bits per heavy atom. The van der Waals surface area contributed by atoms with Gasteiger partial charge < -0.3 is 24.7 Å². The first kappa shape index (κ1) is 21.7. The first-order chi connectivity index (χ1) is 13.4. The van der Waals surface area contributed by atoms with Gasteiger partial charge in [-0.3, -0.25) is 4.90 Å². The molecule has 1 aliphatic rings. The van der Waals surface area contributed by atoms with E-state index in [0.29, 0.717) is 16.3 Å². The van der Waals surface area contributed by atoms with Gasteiger partial charge in [0.1, 0.15) is 6.61 Å². The fourth-order valence-corrected chi connectivity index (χ4v) is 3.18. The van der Waals surface area contributed by atoms with Crippen molar-refractivity contribution in [2.75, 3.05) is 26.9 Å². The molecular weight excluding hydrogens is 388 g/mol. The van der Waals surface area contributed by atoms with Gasteiger partial charge in [0.25, 0.3) is 0 Å². The molecule has 0 radical (unpaired) electrons. The number of hydrogen-bond acceptors (Lipinski definition) is 6. The molecule has 0 aliphatic carbocycles. The predicted molar refractivity (Wildman–Crippen MR) is 99.2 cm³/mol. The number of halogens is 1. The minimum atomic E-state index is -1.20. The van der Waals surface area contributed by atoms with Crippen LogP contribution < -0.4 is 10.4 Å². The normalized spacial score (nSPS) is 16.8. The van der Waals surface area contributed by atoms with E-state index in [2.05, 4.69) is 5.32 Å². The van der Waals surface area contributed by atoms with Crippen LogP contribution in [0.2, 0.25) is 5.02 Å². The van der Waals surface area contributed by atoms with Crippen LogP contribution in [0.3, 0.4) is 0 Å². The maximum atomic E-state index is 12.8. The largest absolute Gasteiger partial charge is 0.550 e. The number of nitrogens with zero attached hydrogens (tertiary/aromatic N) is 1. The Kier molecular flexibility index (Phi) is 7.83. The molecule has 1 aromatic carbocycles. The summed E-state index contributed by atoms with van der Waals surface area (Å²) in [4.78, 5) is 37.3. The molecule has 0 aromatic heterocycles. The van der Waals surface area contributed by atoms with Gasteiger partial charge in [-0.1, -0.05) is 29.8 Å². The highest BCUT2D eigenvalue weighted by molar-refractivity contribution is 6.31. The van der Waals surface area contributed by atoms with Crippen LogP contribution in [0.25, 0.3) is 0 Å². The molecule has 0 fully saturated rings. The average Bonchev–Trinajstić information content (AvgIpc) is 2.64. The minimum Gasteiger partial charge on any atom is -0.550 e. The van der Waals surface area contributed by atoms with Crippen molar-refractivity contribution in [2.24, 2.45) is 0 Å². The maximum Gasteiger partial charge on any atom is 0.338 e. The van der Waals surface area contributed by atoms with Crippen molar-refractivity contribution < 1.29 is 29.0 Å². The van der Waals surface area contributed by atoms with Crippen LogP contribution in [-0.4, -0.2) is 49.7 Å². The van der Waals surface area contributed by atoms with E-state index in [1.807, 2.05) is 0 Å². The number of nitrogens with one attached hydrogen (secondary N) is 1. The van der Waals surface area contributed by atoms with E-state index in [1.54, 1.807) is 31.2 Å². The Labute approximate surface area is 168 Å². The molecule has 2 rings (SSSR count). The number of aliphatic carboxylic acids is 1. The number of amides is 2. The molecule has 28 heavy (non-hydrogen) atoms. The Bertz CT molecular complexity index is 779. The van der Waals surface area contributed by atoms with Gasteiger partial charge in [-0.25, -0.2) is 9.59 Å². The summed E-state index contributed by atoms with van der Waals surface area (Å²) >= 11 is 6.27. The van der Waals surface area contributed by atoms with E-state index in [1.165, 1.54) is 12.0 Å². The lowest BCUT2D eigenvalue weighted by Gasteiger charge is -2.35. The number of allylic oxidation sites excluding steroid dienone is 1. The smallest absolute Gasteiger partial charge is 0.338 e. The van der Waals surface area contributed by atoms with E-state index in [9.17, 15) is 19.5 Å². The predicted octanol–water partition coefficient (Wildman–Crippen LogP) is 1.40. The molecule has 0 saturated carbocycles. The summed E-state index contributed by atoms with van der Waals surface area (Å²) in [5.41, 5.74) is 1.18. The van der Waals surface area contributed by atoms with Crippen LogP contribution >= 0.6 is 11.6 Å². The molecule has 9 heteroatoms. The standard InChI is InChI=1S/C19H23ClN2O6/c1-12-16(18(25)28-11-10-27-2)17(13-6-3-4-7-14(13)20)21-19(26)22(12)9-5-8-15(23)24/h3-4,6-7,17H,5,8-11H2,1-2H3,(H,21,26)(H,23,24)/p-1/t17-/m1/s1. The zero-order valence-electron chi connectivity index (χ0n) is 15.7. The van der Waals surface area contributed by atoms with Crippen molar-refractivity contribution in [3.8, 4) is 0 Å². The molecular formula is C19H22ClN2O6-. The second kappa shape index (κ2) is 10.1. The van der Waals surface area contributed by atoms with Crippen LogP contribution in [0.5, 0.6) is 0 Å². The van der Waals surface area contributed by atoms with Gasteiger partial charge in [0.15, 0.2) is 0 Å². The van der Waals surface area contributed by atoms with Gasteiger partial charge in [0.2, 0.25) is 0 Å². The van der Waals surface area contributed by atoms with Crippen molar-refractivity contribution in [1.82, 2.24) is 10.2 Å². The number of carboxylic acids is 1. The Hall–Kier alpha value is -2.58. The quantitative estimate of drug-likeness (QED) is 0.488. The fraction of sp³-hybridized carbons (Fsp3) is 0.421. The van der Waals surface area contributed by atoms with Crippen molar-refractivity contribution in [1.29, 1.82) is 0 Å². The highest BCUT2D eigenvalue weighted by Gasteiger charge is 2.37. The van der Waals surface area contributed by atoms with Gasteiger partial charge in [0, 0.05) is 30.3 Å². The summed E-state index contributed by atoms with van der Waals surface area (Å²) in [6.07, 6.45) is -0.00548. The summed E-state index contributed by atoms with van der Waals surface area (Å²) in [6, 6.07) is 5.65. The molecule has 0 saturated heterocycles. The van der Waals surface area contributed by atoms with E-state index in [0.717, 1.165) is 0 Å². The SMILES string of the molecule is COCCOC(=O)C1=C(C)N(CCCC(=O)[O-])C(=O)N[C@@H]1c1ccccc1Cl. The third kappa shape index (κ3) is 5.24. The molecule has 8 nitrogen and oxygen atoms in total. The molecule has 0 unspecified atom stereocenters. The second-order valence-corrected chi connectivity index (χ2v) is 6.57. The maximum absolute atomic E-state index is 12.8. The summed E-state index contributed by atoms with van der Waals surface area (Å²) in [5.74, 6) is -1.81. The van der Waals surface area contributed by atoms with Crippen LogP contribution in [0, 0.1) is 0 Å². The van der Waals surface area contributed by atoms with Crippen molar-refractivity contribution in [2.45, 2.75) is 25.8 Å². The Morgan fingerprint density at radius 2 is 2.00 bits per heavy atom. The van der Waals surface area contributed by atoms with E-state index < -0.39 is 24.0 Å². The molecule has 1 aliphatic heterocycles. The fourth-order valence-electron chi connectivity index (χ4n) is 2.93. The van der Waals surface area contributed by atoms with E-state index in [4.69, 9.17) is 21.1 Å². The summed E-state index contributed by atoms with van der Waals surface area (Å²) in [6.45, 7) is 2.03. The molecule has 1 aromatic rings. The van der Waals surface area contributed by atoms with Crippen LogP contribution in [0.1, 0.15) is 31.4 Å². The Balaban J connectivity index is 2.38. The number of carbonyl (C=O) groups excluding carboxylic acids is 3. The van der Waals surface area contributed by atoms with Crippen LogP contribution in [-0.2, 0) is 19.1 Å². The molecule has 2 amide bonds. The number of ether oxygens (including phenoxy) is 2. The lowest BCUT2D eigenvalue weighted by Crippen LogP contribution is -2.48. The summed E-state index contributed by atoms with van der Waals surface area (Å²) < 4.78 is 10.2. The van der Waals surface area contributed by atoms with Gasteiger partial charge >= 0.3 is 12.0 Å². The highest BCUT2D eigenvalue weighted by atomic mass is 35.5. The second-order valence-electron chi connectivity index (χ2n) is 6.16. The van der Waals surface area contributed by atoms with E-state index in [-0.39, 0.29) is 38.2 Å². The van der Waals surface area contributed by atoms with Gasteiger partial charge in [-0.2, -0.15) is 0 Å². The Morgan fingerprint density at radius 1 is 1.29 bits per heavy atom. The number of hydrogen-bond donors (Lipinski definition) is 1. The molecule has 0 bridgehead atoms. The number of benzene rings is 1. The first-order valence-electron chi connectivity index (χ1n) is 8.76. The van der Waals surface area contributed by atoms with Gasteiger partial charge in [0.05, 0.1) is 18.2 Å². The topological polar surface area (TPSA) is 108 Å². The zero-order chi connectivity index (χ0) is 20.7. The number of rotatable bonds is 9. The van der Waals surface area contributed by atoms with Crippen molar-refractivity contribution >= 4 is 29.6 Å². The number of urea groups is 1. The molecule has 152 valence electrons. The monoisotopic (exact) mass is 409 g/mol. The molecule has 1 atom stereocenters. The minimum absolute atomic E-state index is 0.0555. The van der Waals surface area contributed by atoms with Crippen LogP contribution in [0.15, 0.2) is 35.5 Å².